The van der Waals surface area contributed by atoms with E-state index in [2.05, 4.69) is 0 Å². The lowest BCUT2D eigenvalue weighted by Gasteiger charge is -2.20. The molecule has 0 aromatic heterocycles. The molecule has 1 saturated heterocycles. The fraction of sp³-hybridized carbons (Fsp3) is 0.333. The number of hydrogen-bond acceptors (Lipinski definition) is 4. The Bertz CT molecular complexity index is 419. The van der Waals surface area contributed by atoms with E-state index in [0.717, 1.165) is 6.42 Å². The van der Waals surface area contributed by atoms with Gasteiger partial charge in [-0.25, -0.2) is 4.79 Å². The standard InChI is InChI=1S/C12H14N2O3/c13-11(15)10-7-4-8-14(10)17-12(16)9-5-2-1-3-6-9/h1-3,5-6,10H,4,7-8H2,(H2,13,15)/t10-/m0/s1. The summed E-state index contributed by atoms with van der Waals surface area (Å²) in [5, 5.41) is 1.37. The number of carbonyl (C=O) groups is 2. The van der Waals surface area contributed by atoms with Crippen LogP contribution in [0, 0.1) is 0 Å². The summed E-state index contributed by atoms with van der Waals surface area (Å²) in [7, 11) is 0. The lowest BCUT2D eigenvalue weighted by atomic mass is 10.2. The molecular weight excluding hydrogens is 220 g/mol. The van der Waals surface area contributed by atoms with Gasteiger partial charge in [0, 0.05) is 6.54 Å². The number of amides is 1. The van der Waals surface area contributed by atoms with E-state index >= 15 is 0 Å². The first kappa shape index (κ1) is 11.6. The minimum atomic E-state index is -0.498. The zero-order valence-electron chi connectivity index (χ0n) is 9.33. The number of benzene rings is 1. The van der Waals surface area contributed by atoms with Gasteiger partial charge in [0.25, 0.3) is 0 Å². The van der Waals surface area contributed by atoms with Crippen LogP contribution in [0.2, 0.25) is 0 Å². The summed E-state index contributed by atoms with van der Waals surface area (Å²) >= 11 is 0. The molecule has 1 atom stereocenters. The second-order valence-corrected chi connectivity index (χ2v) is 3.95. The Hall–Kier alpha value is -1.88. The molecule has 90 valence electrons. The molecule has 0 radical (unpaired) electrons. The van der Waals surface area contributed by atoms with Gasteiger partial charge in [0.15, 0.2) is 0 Å². The molecule has 1 fully saturated rings. The van der Waals surface area contributed by atoms with Crippen molar-refractivity contribution in [3.63, 3.8) is 0 Å². The summed E-state index contributed by atoms with van der Waals surface area (Å²) in [5.74, 6) is -0.915. The highest BCUT2D eigenvalue weighted by Gasteiger charge is 2.32. The van der Waals surface area contributed by atoms with Crippen LogP contribution >= 0.6 is 0 Å². The number of primary amides is 1. The van der Waals surface area contributed by atoms with Crippen molar-refractivity contribution < 1.29 is 14.4 Å². The highest BCUT2D eigenvalue weighted by Crippen LogP contribution is 2.18. The van der Waals surface area contributed by atoms with Gasteiger partial charge in [-0.2, -0.15) is 0 Å². The summed E-state index contributed by atoms with van der Waals surface area (Å²) in [4.78, 5) is 28.0. The molecule has 2 rings (SSSR count). The molecule has 1 aromatic rings. The largest absolute Gasteiger partial charge is 0.368 e. The summed E-state index contributed by atoms with van der Waals surface area (Å²) in [6.07, 6.45) is 1.44. The second kappa shape index (κ2) is 4.97. The molecule has 5 nitrogen and oxygen atoms in total. The number of carbonyl (C=O) groups excluding carboxylic acids is 2. The van der Waals surface area contributed by atoms with Gasteiger partial charge >= 0.3 is 5.97 Å². The first-order valence-corrected chi connectivity index (χ1v) is 5.52. The van der Waals surface area contributed by atoms with Crippen LogP contribution in [0.25, 0.3) is 0 Å². The number of nitrogens with zero attached hydrogens (tertiary/aromatic N) is 1. The van der Waals surface area contributed by atoms with Crippen LogP contribution in [0.1, 0.15) is 23.2 Å². The second-order valence-electron chi connectivity index (χ2n) is 3.95. The van der Waals surface area contributed by atoms with E-state index in [1.54, 1.807) is 24.3 Å². The lowest BCUT2D eigenvalue weighted by Crippen LogP contribution is -2.41. The number of hydrogen-bond donors (Lipinski definition) is 1. The van der Waals surface area contributed by atoms with E-state index in [4.69, 9.17) is 10.6 Å². The third-order valence-electron chi connectivity index (χ3n) is 2.74. The molecule has 0 spiro atoms. The third-order valence-corrected chi connectivity index (χ3v) is 2.74. The van der Waals surface area contributed by atoms with Crippen molar-refractivity contribution >= 4 is 11.9 Å². The Morgan fingerprint density at radius 1 is 1.29 bits per heavy atom. The van der Waals surface area contributed by atoms with E-state index in [1.165, 1.54) is 5.06 Å². The fourth-order valence-electron chi connectivity index (χ4n) is 1.87. The predicted octanol–water partition coefficient (Wildman–Crippen LogP) is 0.708. The first-order valence-electron chi connectivity index (χ1n) is 5.52. The Balaban J connectivity index is 2.02. The van der Waals surface area contributed by atoms with Gasteiger partial charge in [-0.3, -0.25) is 4.79 Å². The van der Waals surface area contributed by atoms with Gasteiger partial charge in [-0.15, -0.1) is 5.06 Å². The minimum absolute atomic E-state index is 0.455. The topological polar surface area (TPSA) is 72.6 Å². The first-order chi connectivity index (χ1) is 8.18. The molecule has 0 saturated carbocycles. The van der Waals surface area contributed by atoms with Gasteiger partial charge < -0.3 is 10.6 Å². The normalized spacial score (nSPS) is 20.1. The van der Waals surface area contributed by atoms with Crippen LogP contribution in [-0.2, 0) is 9.63 Å². The van der Waals surface area contributed by atoms with E-state index in [9.17, 15) is 9.59 Å². The van der Waals surface area contributed by atoms with E-state index < -0.39 is 17.9 Å². The Morgan fingerprint density at radius 3 is 2.65 bits per heavy atom. The number of rotatable bonds is 3. The van der Waals surface area contributed by atoms with Crippen LogP contribution in [-0.4, -0.2) is 29.5 Å². The zero-order chi connectivity index (χ0) is 12.3. The molecule has 1 aliphatic heterocycles. The minimum Gasteiger partial charge on any atom is -0.368 e. The van der Waals surface area contributed by atoms with Crippen molar-refractivity contribution in [3.8, 4) is 0 Å². The molecule has 0 aliphatic carbocycles. The quantitative estimate of drug-likeness (QED) is 0.835. The molecule has 17 heavy (non-hydrogen) atoms. The van der Waals surface area contributed by atoms with Gasteiger partial charge in [0.05, 0.1) is 5.56 Å². The Labute approximate surface area is 99.1 Å². The van der Waals surface area contributed by atoms with Gasteiger partial charge in [-0.1, -0.05) is 18.2 Å². The monoisotopic (exact) mass is 234 g/mol. The number of hydroxylamine groups is 2. The molecule has 5 heteroatoms. The van der Waals surface area contributed by atoms with Crippen molar-refractivity contribution in [3.05, 3.63) is 35.9 Å². The maximum atomic E-state index is 11.8. The van der Waals surface area contributed by atoms with Gasteiger partial charge in [0.1, 0.15) is 6.04 Å². The zero-order valence-corrected chi connectivity index (χ0v) is 9.33. The molecule has 1 aliphatic rings. The summed E-state index contributed by atoms with van der Waals surface area (Å²) in [6.45, 7) is 0.548. The molecular formula is C12H14N2O3. The van der Waals surface area contributed by atoms with Crippen molar-refractivity contribution in [2.45, 2.75) is 18.9 Å². The molecule has 1 amide bonds. The smallest absolute Gasteiger partial charge is 0.357 e. The molecule has 1 aromatic carbocycles. The van der Waals surface area contributed by atoms with E-state index in [1.807, 2.05) is 6.07 Å². The van der Waals surface area contributed by atoms with Crippen LogP contribution in [0.15, 0.2) is 30.3 Å². The Kier molecular flexibility index (Phi) is 3.39. The van der Waals surface area contributed by atoms with Crippen LogP contribution < -0.4 is 5.73 Å². The van der Waals surface area contributed by atoms with Crippen molar-refractivity contribution in [1.29, 1.82) is 0 Å². The average molecular weight is 234 g/mol. The van der Waals surface area contributed by atoms with E-state index in [-0.39, 0.29) is 0 Å². The maximum Gasteiger partial charge on any atom is 0.357 e. The molecule has 0 unspecified atom stereocenters. The average Bonchev–Trinajstić information content (AvgIpc) is 2.78. The molecule has 0 bridgehead atoms. The van der Waals surface area contributed by atoms with Crippen molar-refractivity contribution in [1.82, 2.24) is 5.06 Å². The number of nitrogens with two attached hydrogens (primary N) is 1. The Morgan fingerprint density at radius 2 is 2.00 bits per heavy atom. The summed E-state index contributed by atoms with van der Waals surface area (Å²) in [6, 6.07) is 8.16. The van der Waals surface area contributed by atoms with Crippen LogP contribution in [0.5, 0.6) is 0 Å². The summed E-state index contributed by atoms with van der Waals surface area (Å²) in [5.41, 5.74) is 5.69. The fourth-order valence-corrected chi connectivity index (χ4v) is 1.87. The lowest BCUT2D eigenvalue weighted by molar-refractivity contribution is -0.145. The third kappa shape index (κ3) is 2.62. The van der Waals surface area contributed by atoms with Crippen LogP contribution in [0.3, 0.4) is 0 Å². The highest BCUT2D eigenvalue weighted by molar-refractivity contribution is 5.89. The SMILES string of the molecule is NC(=O)[C@@H]1CCCN1OC(=O)c1ccccc1. The molecule has 2 N–H and O–H groups in total. The maximum absolute atomic E-state index is 11.8. The highest BCUT2D eigenvalue weighted by atomic mass is 16.7. The molecule has 1 heterocycles. The predicted molar refractivity (Wildman–Crippen MR) is 60.8 cm³/mol. The van der Waals surface area contributed by atoms with Crippen molar-refractivity contribution in [2.75, 3.05) is 6.54 Å². The van der Waals surface area contributed by atoms with Crippen LogP contribution in [0.4, 0.5) is 0 Å². The van der Waals surface area contributed by atoms with Crippen molar-refractivity contribution in [2.24, 2.45) is 5.73 Å². The van der Waals surface area contributed by atoms with E-state index in [0.29, 0.717) is 18.5 Å². The van der Waals surface area contributed by atoms with Gasteiger partial charge in [0.2, 0.25) is 5.91 Å². The van der Waals surface area contributed by atoms with Gasteiger partial charge in [-0.05, 0) is 25.0 Å². The summed E-state index contributed by atoms with van der Waals surface area (Å²) < 4.78 is 0.